The number of hydrogen-bond acceptors (Lipinski definition) is 8. The number of esters is 1. The summed E-state index contributed by atoms with van der Waals surface area (Å²) in [7, 11) is 0. The van der Waals surface area contributed by atoms with Crippen molar-refractivity contribution in [3.05, 3.63) is 10.1 Å². The molecule has 10 nitrogen and oxygen atoms in total. The van der Waals surface area contributed by atoms with Crippen LogP contribution in [0.4, 0.5) is 9.59 Å². The first-order valence-electron chi connectivity index (χ1n) is 9.42. The maximum absolute atomic E-state index is 12.8. The molecule has 0 spiro atoms. The van der Waals surface area contributed by atoms with Crippen molar-refractivity contribution >= 4 is 18.2 Å². The summed E-state index contributed by atoms with van der Waals surface area (Å²) in [5.74, 6) is -0.877. The van der Waals surface area contributed by atoms with Crippen LogP contribution in [0.5, 0.6) is 0 Å². The summed E-state index contributed by atoms with van der Waals surface area (Å²) in [6.07, 6.45) is -2.42. The van der Waals surface area contributed by atoms with Crippen molar-refractivity contribution in [2.24, 2.45) is 0 Å². The van der Waals surface area contributed by atoms with E-state index in [9.17, 15) is 24.5 Å². The Hall–Kier alpha value is -2.39. The van der Waals surface area contributed by atoms with Gasteiger partial charge in [-0.1, -0.05) is 0 Å². The van der Waals surface area contributed by atoms with Crippen molar-refractivity contribution in [1.82, 2.24) is 4.90 Å². The lowest BCUT2D eigenvalue weighted by Gasteiger charge is -2.33. The molecule has 10 heteroatoms. The van der Waals surface area contributed by atoms with Crippen LogP contribution in [0.3, 0.4) is 0 Å². The van der Waals surface area contributed by atoms with Crippen LogP contribution < -0.4 is 0 Å². The van der Waals surface area contributed by atoms with Gasteiger partial charge in [0, 0.05) is 11.3 Å². The van der Waals surface area contributed by atoms with E-state index in [0.29, 0.717) is 4.90 Å². The zero-order chi connectivity index (χ0) is 23.2. The van der Waals surface area contributed by atoms with E-state index in [1.54, 1.807) is 62.3 Å². The molecule has 0 aromatic carbocycles. The fraction of sp³-hybridized carbons (Fsp3) is 0.842. The molecule has 1 atom stereocenters. The van der Waals surface area contributed by atoms with Gasteiger partial charge in [-0.2, -0.15) is 4.90 Å². The third kappa shape index (κ3) is 11.9. The van der Waals surface area contributed by atoms with E-state index in [2.05, 4.69) is 0 Å². The van der Waals surface area contributed by atoms with E-state index in [4.69, 9.17) is 14.2 Å². The monoisotopic (exact) mass is 418 g/mol. The Labute approximate surface area is 172 Å². The number of ether oxygens (including phenoxy) is 3. The fourth-order valence-corrected chi connectivity index (χ4v) is 2.09. The van der Waals surface area contributed by atoms with Crippen LogP contribution >= 0.6 is 0 Å². The predicted molar refractivity (Wildman–Crippen MR) is 105 cm³/mol. The predicted octanol–water partition coefficient (Wildman–Crippen LogP) is 3.93. The zero-order valence-electron chi connectivity index (χ0n) is 18.9. The van der Waals surface area contributed by atoms with Crippen molar-refractivity contribution in [1.29, 1.82) is 0 Å². The quantitative estimate of drug-likeness (QED) is 0.275. The number of hydrogen-bond donors (Lipinski definition) is 0. The van der Waals surface area contributed by atoms with Crippen LogP contribution in [-0.4, -0.2) is 57.4 Å². The van der Waals surface area contributed by atoms with Gasteiger partial charge in [-0.3, -0.25) is 10.1 Å². The van der Waals surface area contributed by atoms with Crippen LogP contribution in [0, 0.1) is 10.1 Å². The first-order valence-corrected chi connectivity index (χ1v) is 9.42. The van der Waals surface area contributed by atoms with Crippen LogP contribution in [0.2, 0.25) is 0 Å². The molecule has 0 radical (unpaired) electrons. The minimum Gasteiger partial charge on any atom is -0.458 e. The van der Waals surface area contributed by atoms with Gasteiger partial charge in [-0.05, 0) is 68.7 Å². The smallest absolute Gasteiger partial charge is 0.420 e. The molecule has 0 saturated carbocycles. The average Bonchev–Trinajstić information content (AvgIpc) is 2.39. The van der Waals surface area contributed by atoms with Crippen molar-refractivity contribution in [3.8, 4) is 0 Å². The Bertz CT molecular complexity index is 583. The van der Waals surface area contributed by atoms with E-state index < -0.39 is 52.5 Å². The summed E-state index contributed by atoms with van der Waals surface area (Å²) < 4.78 is 15.9. The highest BCUT2D eigenvalue weighted by molar-refractivity contribution is 5.94. The molecule has 0 unspecified atom stereocenters. The minimum absolute atomic E-state index is 0.0565. The van der Waals surface area contributed by atoms with Crippen LogP contribution in [-0.2, 0) is 19.0 Å². The van der Waals surface area contributed by atoms with Gasteiger partial charge >= 0.3 is 18.2 Å². The first kappa shape index (κ1) is 26.6. The highest BCUT2D eigenvalue weighted by atomic mass is 16.6. The Morgan fingerprint density at radius 1 is 0.828 bits per heavy atom. The lowest BCUT2D eigenvalue weighted by atomic mass is 10.1. The summed E-state index contributed by atoms with van der Waals surface area (Å²) in [6, 6.07) is -1.43. The van der Waals surface area contributed by atoms with E-state index >= 15 is 0 Å². The third-order valence-electron chi connectivity index (χ3n) is 2.99. The van der Waals surface area contributed by atoms with Gasteiger partial charge in [-0.15, -0.1) is 0 Å². The molecule has 0 N–H and O–H groups in total. The molecular formula is C19H34N2O8. The van der Waals surface area contributed by atoms with Gasteiger partial charge < -0.3 is 14.2 Å². The summed E-state index contributed by atoms with van der Waals surface area (Å²) >= 11 is 0. The lowest BCUT2D eigenvalue weighted by molar-refractivity contribution is -0.480. The van der Waals surface area contributed by atoms with Gasteiger partial charge in [0.15, 0.2) is 0 Å². The molecular weight excluding hydrogens is 384 g/mol. The maximum atomic E-state index is 12.8. The van der Waals surface area contributed by atoms with Crippen molar-refractivity contribution < 1.29 is 33.5 Å². The van der Waals surface area contributed by atoms with E-state index in [1.165, 1.54) is 0 Å². The topological polar surface area (TPSA) is 125 Å². The standard InChI is InChI=1S/C19H34N2O8/c1-17(2,3)27-14(22)13(11-10-12-20(25)26)21(15(23)28-18(4,5)6)16(24)29-19(7,8)9/h13H,10-12H2,1-9H3/t13-/m0/s1. The summed E-state index contributed by atoms with van der Waals surface area (Å²) in [5, 5.41) is 10.7. The number of carbonyl (C=O) groups excluding carboxylic acids is 3. The first-order chi connectivity index (χ1) is 12.8. The average molecular weight is 418 g/mol. The van der Waals surface area contributed by atoms with Crippen LogP contribution in [0.1, 0.15) is 75.2 Å². The molecule has 0 bridgehead atoms. The Kier molecular flexibility index (Phi) is 9.07. The molecule has 0 aliphatic rings. The SMILES string of the molecule is CC(C)(C)OC(=O)[C@H](CCC[N+](=O)[O-])N(C(=O)OC(C)(C)C)C(=O)OC(C)(C)C. The molecule has 2 amide bonds. The largest absolute Gasteiger partial charge is 0.458 e. The van der Waals surface area contributed by atoms with Gasteiger partial charge in [-0.25, -0.2) is 14.4 Å². The molecule has 29 heavy (non-hydrogen) atoms. The normalized spacial score (nSPS) is 13.3. The number of imide groups is 1. The Balaban J connectivity index is 5.99. The number of amides is 2. The van der Waals surface area contributed by atoms with Crippen molar-refractivity contribution in [2.45, 2.75) is 98.0 Å². The highest BCUT2D eigenvalue weighted by Crippen LogP contribution is 2.21. The zero-order valence-corrected chi connectivity index (χ0v) is 18.9. The minimum atomic E-state index is -1.43. The molecule has 0 heterocycles. The third-order valence-corrected chi connectivity index (χ3v) is 2.99. The fourth-order valence-electron chi connectivity index (χ4n) is 2.09. The van der Waals surface area contributed by atoms with Gasteiger partial charge in [0.1, 0.15) is 22.8 Å². The molecule has 0 fully saturated rings. The molecule has 0 aliphatic carbocycles. The lowest BCUT2D eigenvalue weighted by Crippen LogP contribution is -2.53. The molecule has 0 aromatic rings. The number of rotatable bonds is 6. The van der Waals surface area contributed by atoms with E-state index in [0.717, 1.165) is 0 Å². The maximum Gasteiger partial charge on any atom is 0.420 e. The molecule has 0 saturated heterocycles. The number of nitrogens with zero attached hydrogens (tertiary/aromatic N) is 2. The Morgan fingerprint density at radius 3 is 1.52 bits per heavy atom. The van der Waals surface area contributed by atoms with Crippen molar-refractivity contribution in [2.75, 3.05) is 6.54 Å². The summed E-state index contributed by atoms with van der Waals surface area (Å²) in [4.78, 5) is 49.0. The summed E-state index contributed by atoms with van der Waals surface area (Å²) in [6.45, 7) is 14.1. The van der Waals surface area contributed by atoms with Gasteiger partial charge in [0.2, 0.25) is 6.54 Å². The van der Waals surface area contributed by atoms with Crippen LogP contribution in [0.15, 0.2) is 0 Å². The molecule has 0 aromatic heterocycles. The molecule has 168 valence electrons. The number of carbonyl (C=O) groups is 3. The van der Waals surface area contributed by atoms with Gasteiger partial charge in [0.05, 0.1) is 0 Å². The molecule has 0 aliphatic heterocycles. The van der Waals surface area contributed by atoms with E-state index in [-0.39, 0.29) is 12.8 Å². The Morgan fingerprint density at radius 2 is 1.21 bits per heavy atom. The second kappa shape index (κ2) is 9.89. The van der Waals surface area contributed by atoms with Crippen molar-refractivity contribution in [3.63, 3.8) is 0 Å². The second-order valence-corrected chi connectivity index (χ2v) is 9.58. The van der Waals surface area contributed by atoms with Crippen LogP contribution in [0.25, 0.3) is 0 Å². The highest BCUT2D eigenvalue weighted by Gasteiger charge is 2.42. The molecule has 0 rings (SSSR count). The summed E-state index contributed by atoms with van der Waals surface area (Å²) in [5.41, 5.74) is -2.79. The van der Waals surface area contributed by atoms with Gasteiger partial charge in [0.25, 0.3) is 0 Å². The van der Waals surface area contributed by atoms with E-state index in [1.807, 2.05) is 0 Å². The second-order valence-electron chi connectivity index (χ2n) is 9.58. The number of nitro groups is 1.